The van der Waals surface area contributed by atoms with Crippen LogP contribution in [0.3, 0.4) is 0 Å². The summed E-state index contributed by atoms with van der Waals surface area (Å²) in [7, 11) is 0. The van der Waals surface area contributed by atoms with Gasteiger partial charge in [-0.3, -0.25) is 4.98 Å². The van der Waals surface area contributed by atoms with E-state index < -0.39 is 0 Å². The van der Waals surface area contributed by atoms with E-state index in [0.717, 1.165) is 5.69 Å². The number of nitrogens with one attached hydrogen (secondary N) is 1. The van der Waals surface area contributed by atoms with Crippen molar-refractivity contribution in [2.45, 2.75) is 6.42 Å². The number of hydrogen-bond donors (Lipinski definition) is 1. The van der Waals surface area contributed by atoms with Gasteiger partial charge >= 0.3 is 0 Å². The van der Waals surface area contributed by atoms with Gasteiger partial charge in [0.15, 0.2) is 0 Å². The summed E-state index contributed by atoms with van der Waals surface area (Å²) in [6.07, 6.45) is 8.94. The first-order valence-electron chi connectivity index (χ1n) is 3.90. The van der Waals surface area contributed by atoms with Crippen LogP contribution in [-0.4, -0.2) is 11.5 Å². The zero-order valence-corrected chi connectivity index (χ0v) is 7.12. The van der Waals surface area contributed by atoms with Gasteiger partial charge in [-0.05, 0) is 6.07 Å². The number of aromatic nitrogens is 1. The van der Waals surface area contributed by atoms with Gasteiger partial charge in [0, 0.05) is 19.2 Å². The number of nitriles is 1. The maximum Gasteiger partial charge on any atom is 0.101 e. The summed E-state index contributed by atoms with van der Waals surface area (Å²) in [6, 6.07) is 3.73. The van der Waals surface area contributed by atoms with Crippen LogP contribution in [0.25, 0.3) is 0 Å². The highest BCUT2D eigenvalue weighted by Gasteiger charge is 1.98. The van der Waals surface area contributed by atoms with Gasteiger partial charge in [-0.15, -0.1) is 12.3 Å². The Kier molecular flexibility index (Phi) is 3.35. The van der Waals surface area contributed by atoms with Crippen molar-refractivity contribution in [3.63, 3.8) is 0 Å². The lowest BCUT2D eigenvalue weighted by atomic mass is 10.2. The predicted molar refractivity (Wildman–Crippen MR) is 50.9 cm³/mol. The van der Waals surface area contributed by atoms with Gasteiger partial charge in [-0.25, -0.2) is 0 Å². The molecule has 64 valence electrons. The van der Waals surface area contributed by atoms with Crippen LogP contribution in [-0.2, 0) is 0 Å². The Bertz CT molecular complexity index is 357. The first kappa shape index (κ1) is 9.09. The third-order valence-electron chi connectivity index (χ3n) is 1.53. The van der Waals surface area contributed by atoms with Gasteiger partial charge in [0.1, 0.15) is 6.07 Å². The fraction of sp³-hybridized carbons (Fsp3) is 0.200. The maximum absolute atomic E-state index is 8.72. The summed E-state index contributed by atoms with van der Waals surface area (Å²) in [5.41, 5.74) is 1.33. The molecule has 0 aliphatic heterocycles. The van der Waals surface area contributed by atoms with Gasteiger partial charge in [-0.2, -0.15) is 5.26 Å². The fourth-order valence-electron chi connectivity index (χ4n) is 0.902. The largest absolute Gasteiger partial charge is 0.382 e. The van der Waals surface area contributed by atoms with Crippen molar-refractivity contribution in [3.8, 4) is 18.4 Å². The molecule has 1 aromatic rings. The van der Waals surface area contributed by atoms with E-state index in [9.17, 15) is 0 Å². The lowest BCUT2D eigenvalue weighted by Gasteiger charge is -2.04. The minimum atomic E-state index is 0.590. The standard InChI is InChI=1S/C10H9N3/c1-2-3-5-13-10-8-12-6-4-9(10)7-11/h1,4,6,8,13H,3,5H2. The number of rotatable bonds is 3. The molecule has 0 spiro atoms. The normalized spacial score (nSPS) is 8.46. The molecule has 0 amide bonds. The zero-order valence-electron chi connectivity index (χ0n) is 7.12. The number of pyridine rings is 1. The van der Waals surface area contributed by atoms with Crippen molar-refractivity contribution in [2.24, 2.45) is 0 Å². The molecule has 3 heteroatoms. The molecular formula is C10H9N3. The first-order chi connectivity index (χ1) is 6.38. The van der Waals surface area contributed by atoms with Crippen molar-refractivity contribution < 1.29 is 0 Å². The van der Waals surface area contributed by atoms with E-state index in [1.54, 1.807) is 18.5 Å². The molecule has 0 radical (unpaired) electrons. The highest BCUT2D eigenvalue weighted by molar-refractivity contribution is 5.55. The van der Waals surface area contributed by atoms with Crippen LogP contribution in [0.15, 0.2) is 18.5 Å². The molecule has 0 saturated carbocycles. The van der Waals surface area contributed by atoms with Crippen LogP contribution in [0, 0.1) is 23.7 Å². The summed E-state index contributed by atoms with van der Waals surface area (Å²) in [4.78, 5) is 3.91. The summed E-state index contributed by atoms with van der Waals surface area (Å²) in [5.74, 6) is 2.51. The Labute approximate surface area is 77.4 Å². The topological polar surface area (TPSA) is 48.7 Å². The predicted octanol–water partition coefficient (Wildman–Crippen LogP) is 1.39. The van der Waals surface area contributed by atoms with Crippen LogP contribution in [0.2, 0.25) is 0 Å². The van der Waals surface area contributed by atoms with Gasteiger partial charge in [0.25, 0.3) is 0 Å². The van der Waals surface area contributed by atoms with E-state index in [1.807, 2.05) is 0 Å². The van der Waals surface area contributed by atoms with Crippen LogP contribution in [0.4, 0.5) is 5.69 Å². The highest BCUT2D eigenvalue weighted by Crippen LogP contribution is 2.10. The van der Waals surface area contributed by atoms with Crippen LogP contribution < -0.4 is 5.32 Å². The summed E-state index contributed by atoms with van der Waals surface area (Å²) >= 11 is 0. The molecule has 1 aromatic heterocycles. The molecule has 0 saturated heterocycles. The first-order valence-corrected chi connectivity index (χ1v) is 3.90. The van der Waals surface area contributed by atoms with Crippen molar-refractivity contribution in [1.29, 1.82) is 5.26 Å². The molecule has 0 aliphatic carbocycles. The van der Waals surface area contributed by atoms with Crippen molar-refractivity contribution in [1.82, 2.24) is 4.98 Å². The Hall–Kier alpha value is -2.00. The second kappa shape index (κ2) is 4.79. The quantitative estimate of drug-likeness (QED) is 0.552. The highest BCUT2D eigenvalue weighted by atomic mass is 14.9. The van der Waals surface area contributed by atoms with E-state index in [4.69, 9.17) is 11.7 Å². The zero-order chi connectivity index (χ0) is 9.52. The molecule has 0 aromatic carbocycles. The molecule has 0 atom stereocenters. The minimum absolute atomic E-state index is 0.590. The van der Waals surface area contributed by atoms with E-state index >= 15 is 0 Å². The number of hydrogen-bond acceptors (Lipinski definition) is 3. The summed E-state index contributed by atoms with van der Waals surface area (Å²) in [5, 5.41) is 11.8. The monoisotopic (exact) mass is 171 g/mol. The van der Waals surface area contributed by atoms with Crippen LogP contribution in [0.1, 0.15) is 12.0 Å². The van der Waals surface area contributed by atoms with Gasteiger partial charge in [-0.1, -0.05) is 0 Å². The van der Waals surface area contributed by atoms with Gasteiger partial charge < -0.3 is 5.32 Å². The summed E-state index contributed by atoms with van der Waals surface area (Å²) in [6.45, 7) is 0.664. The molecule has 3 nitrogen and oxygen atoms in total. The molecule has 0 fully saturated rings. The molecule has 1 rings (SSSR count). The lowest BCUT2D eigenvalue weighted by molar-refractivity contribution is 1.09. The third-order valence-corrected chi connectivity index (χ3v) is 1.53. The second-order valence-corrected chi connectivity index (χ2v) is 2.41. The molecule has 0 bridgehead atoms. The number of anilines is 1. The number of nitrogens with zero attached hydrogens (tertiary/aromatic N) is 2. The maximum atomic E-state index is 8.72. The average molecular weight is 171 g/mol. The Morgan fingerprint density at radius 3 is 3.15 bits per heavy atom. The van der Waals surface area contributed by atoms with E-state index in [-0.39, 0.29) is 0 Å². The number of terminal acetylenes is 1. The molecule has 1 heterocycles. The van der Waals surface area contributed by atoms with Crippen molar-refractivity contribution >= 4 is 5.69 Å². The molecule has 0 aliphatic rings. The SMILES string of the molecule is C#CCCNc1cnccc1C#N. The van der Waals surface area contributed by atoms with Crippen LogP contribution in [0.5, 0.6) is 0 Å². The van der Waals surface area contributed by atoms with E-state index in [2.05, 4.69) is 22.3 Å². The Morgan fingerprint density at radius 1 is 1.62 bits per heavy atom. The lowest BCUT2D eigenvalue weighted by Crippen LogP contribution is -2.02. The van der Waals surface area contributed by atoms with Gasteiger partial charge in [0.2, 0.25) is 0 Å². The minimum Gasteiger partial charge on any atom is -0.382 e. The van der Waals surface area contributed by atoms with E-state index in [0.29, 0.717) is 18.5 Å². The van der Waals surface area contributed by atoms with Crippen molar-refractivity contribution in [3.05, 3.63) is 24.0 Å². The summed E-state index contributed by atoms with van der Waals surface area (Å²) < 4.78 is 0. The average Bonchev–Trinajstić information content (AvgIpc) is 2.19. The molecular weight excluding hydrogens is 162 g/mol. The van der Waals surface area contributed by atoms with E-state index in [1.165, 1.54) is 0 Å². The van der Waals surface area contributed by atoms with Gasteiger partial charge in [0.05, 0.1) is 17.4 Å². The fourth-order valence-corrected chi connectivity index (χ4v) is 0.902. The van der Waals surface area contributed by atoms with Crippen molar-refractivity contribution in [2.75, 3.05) is 11.9 Å². The molecule has 1 N–H and O–H groups in total. The Balaban J connectivity index is 2.67. The third kappa shape index (κ3) is 2.50. The second-order valence-electron chi connectivity index (χ2n) is 2.41. The smallest absolute Gasteiger partial charge is 0.101 e. The van der Waals surface area contributed by atoms with Crippen LogP contribution >= 0.6 is 0 Å². The Morgan fingerprint density at radius 2 is 2.46 bits per heavy atom. The molecule has 13 heavy (non-hydrogen) atoms. The molecule has 0 unspecified atom stereocenters.